The lowest BCUT2D eigenvalue weighted by Gasteiger charge is -2.29. The van der Waals surface area contributed by atoms with Gasteiger partial charge in [0, 0.05) is 32.9 Å². The Morgan fingerprint density at radius 3 is 2.68 bits per heavy atom. The summed E-state index contributed by atoms with van der Waals surface area (Å²) < 4.78 is 5.30. The van der Waals surface area contributed by atoms with Crippen molar-refractivity contribution in [2.45, 2.75) is 0 Å². The van der Waals surface area contributed by atoms with Crippen molar-refractivity contribution >= 4 is 17.3 Å². The van der Waals surface area contributed by atoms with Crippen LogP contribution in [-0.2, 0) is 4.74 Å². The van der Waals surface area contributed by atoms with Crippen LogP contribution in [-0.4, -0.2) is 56.2 Å². The Kier molecular flexibility index (Phi) is 4.24. The molecule has 0 saturated carbocycles. The summed E-state index contributed by atoms with van der Waals surface area (Å²) in [5.74, 6) is -0.0456. The van der Waals surface area contributed by atoms with Crippen molar-refractivity contribution in [3.63, 3.8) is 0 Å². The van der Waals surface area contributed by atoms with E-state index >= 15 is 0 Å². The van der Waals surface area contributed by atoms with Crippen LogP contribution in [0.4, 0.5) is 11.4 Å². The van der Waals surface area contributed by atoms with Crippen LogP contribution in [0.1, 0.15) is 10.4 Å². The highest BCUT2D eigenvalue weighted by atomic mass is 16.5. The molecular formula is C13H20N4O2. The van der Waals surface area contributed by atoms with E-state index in [1.54, 1.807) is 37.2 Å². The van der Waals surface area contributed by atoms with Crippen molar-refractivity contribution in [3.8, 4) is 0 Å². The SMILES string of the molecule is CN(C)C(=O)c1ccc(N)cc1NN1CCOCC1. The standard InChI is InChI=1S/C13H20N4O2/c1-16(2)13(18)11-4-3-10(14)9-12(11)15-17-5-7-19-8-6-17/h3-4,9,15H,5-8,14H2,1-2H3. The van der Waals surface area contributed by atoms with E-state index in [0.29, 0.717) is 24.5 Å². The highest BCUT2D eigenvalue weighted by Gasteiger charge is 2.17. The Bertz CT molecular complexity index is 456. The van der Waals surface area contributed by atoms with Gasteiger partial charge >= 0.3 is 0 Å². The van der Waals surface area contributed by atoms with E-state index in [2.05, 4.69) is 5.43 Å². The van der Waals surface area contributed by atoms with E-state index in [0.717, 1.165) is 18.8 Å². The number of benzene rings is 1. The zero-order chi connectivity index (χ0) is 13.8. The van der Waals surface area contributed by atoms with E-state index in [-0.39, 0.29) is 5.91 Å². The number of hydrogen-bond acceptors (Lipinski definition) is 5. The predicted molar refractivity (Wildman–Crippen MR) is 74.9 cm³/mol. The topological polar surface area (TPSA) is 70.8 Å². The number of anilines is 2. The molecule has 0 atom stereocenters. The second-order valence-electron chi connectivity index (χ2n) is 4.72. The van der Waals surface area contributed by atoms with E-state index in [9.17, 15) is 4.79 Å². The minimum Gasteiger partial charge on any atom is -0.399 e. The number of ether oxygens (including phenoxy) is 1. The maximum absolute atomic E-state index is 12.1. The van der Waals surface area contributed by atoms with E-state index in [1.807, 2.05) is 5.01 Å². The Morgan fingerprint density at radius 2 is 2.05 bits per heavy atom. The summed E-state index contributed by atoms with van der Waals surface area (Å²) in [5.41, 5.74) is 11.0. The van der Waals surface area contributed by atoms with Gasteiger partial charge in [-0.3, -0.25) is 4.79 Å². The molecular weight excluding hydrogens is 244 g/mol. The van der Waals surface area contributed by atoms with Crippen LogP contribution in [0.2, 0.25) is 0 Å². The first kappa shape index (κ1) is 13.6. The van der Waals surface area contributed by atoms with Gasteiger partial charge in [-0.15, -0.1) is 0 Å². The average molecular weight is 264 g/mol. The number of carbonyl (C=O) groups is 1. The molecule has 0 spiro atoms. The van der Waals surface area contributed by atoms with Crippen molar-refractivity contribution in [1.29, 1.82) is 0 Å². The lowest BCUT2D eigenvalue weighted by Crippen LogP contribution is -2.40. The van der Waals surface area contributed by atoms with Crippen LogP contribution in [0.15, 0.2) is 18.2 Å². The van der Waals surface area contributed by atoms with Gasteiger partial charge in [-0.05, 0) is 18.2 Å². The van der Waals surface area contributed by atoms with Gasteiger partial charge < -0.3 is 20.8 Å². The average Bonchev–Trinajstić information content (AvgIpc) is 2.39. The molecule has 1 heterocycles. The summed E-state index contributed by atoms with van der Waals surface area (Å²) in [4.78, 5) is 13.7. The van der Waals surface area contributed by atoms with Crippen molar-refractivity contribution in [3.05, 3.63) is 23.8 Å². The van der Waals surface area contributed by atoms with Gasteiger partial charge in [-0.25, -0.2) is 5.01 Å². The third-order valence-electron chi connectivity index (χ3n) is 2.97. The van der Waals surface area contributed by atoms with Gasteiger partial charge in [0.25, 0.3) is 5.91 Å². The molecule has 3 N–H and O–H groups in total. The van der Waals surface area contributed by atoms with Gasteiger partial charge in [0.15, 0.2) is 0 Å². The summed E-state index contributed by atoms with van der Waals surface area (Å²) in [5, 5.41) is 2.03. The highest BCUT2D eigenvalue weighted by Crippen LogP contribution is 2.21. The van der Waals surface area contributed by atoms with Gasteiger partial charge in [-0.2, -0.15) is 0 Å². The molecule has 19 heavy (non-hydrogen) atoms. The van der Waals surface area contributed by atoms with Crippen LogP contribution in [0.5, 0.6) is 0 Å². The minimum atomic E-state index is -0.0456. The molecule has 0 unspecified atom stereocenters. The summed E-state index contributed by atoms with van der Waals surface area (Å²) >= 11 is 0. The number of morpholine rings is 1. The number of nitrogens with two attached hydrogens (primary N) is 1. The van der Waals surface area contributed by atoms with Crippen molar-refractivity contribution in [2.24, 2.45) is 0 Å². The first-order chi connectivity index (χ1) is 9.08. The van der Waals surface area contributed by atoms with E-state index < -0.39 is 0 Å². The first-order valence-electron chi connectivity index (χ1n) is 6.28. The maximum Gasteiger partial charge on any atom is 0.255 e. The molecule has 104 valence electrons. The molecule has 0 aliphatic carbocycles. The number of hydrogen-bond donors (Lipinski definition) is 2. The second kappa shape index (κ2) is 5.90. The minimum absolute atomic E-state index is 0.0456. The first-order valence-corrected chi connectivity index (χ1v) is 6.28. The molecule has 0 radical (unpaired) electrons. The molecule has 1 fully saturated rings. The normalized spacial score (nSPS) is 16.1. The summed E-state index contributed by atoms with van der Waals surface area (Å²) in [6.45, 7) is 2.94. The summed E-state index contributed by atoms with van der Waals surface area (Å²) in [6, 6.07) is 5.27. The van der Waals surface area contributed by atoms with Crippen molar-refractivity contribution < 1.29 is 9.53 Å². The quantitative estimate of drug-likeness (QED) is 0.784. The third kappa shape index (κ3) is 3.36. The van der Waals surface area contributed by atoms with E-state index in [4.69, 9.17) is 10.5 Å². The smallest absolute Gasteiger partial charge is 0.255 e. The Hall–Kier alpha value is -1.79. The lowest BCUT2D eigenvalue weighted by molar-refractivity contribution is 0.0496. The van der Waals surface area contributed by atoms with Crippen LogP contribution in [0.25, 0.3) is 0 Å². The van der Waals surface area contributed by atoms with E-state index in [1.165, 1.54) is 0 Å². The lowest BCUT2D eigenvalue weighted by atomic mass is 10.1. The number of nitrogen functional groups attached to an aromatic ring is 1. The largest absolute Gasteiger partial charge is 0.399 e. The molecule has 1 aliphatic heterocycles. The van der Waals surface area contributed by atoms with Gasteiger partial charge in [0.2, 0.25) is 0 Å². The van der Waals surface area contributed by atoms with Crippen molar-refractivity contribution in [1.82, 2.24) is 9.91 Å². The van der Waals surface area contributed by atoms with Crippen LogP contribution in [0, 0.1) is 0 Å². The van der Waals surface area contributed by atoms with Crippen molar-refractivity contribution in [2.75, 3.05) is 51.6 Å². The fourth-order valence-corrected chi connectivity index (χ4v) is 1.93. The summed E-state index contributed by atoms with van der Waals surface area (Å²) in [7, 11) is 3.47. The molecule has 6 nitrogen and oxygen atoms in total. The monoisotopic (exact) mass is 264 g/mol. The molecule has 1 aromatic carbocycles. The molecule has 1 aromatic rings. The molecule has 0 aromatic heterocycles. The van der Waals surface area contributed by atoms with Crippen LogP contribution in [0.3, 0.4) is 0 Å². The molecule has 1 amide bonds. The highest BCUT2D eigenvalue weighted by molar-refractivity contribution is 5.99. The summed E-state index contributed by atoms with van der Waals surface area (Å²) in [6.07, 6.45) is 0. The van der Waals surface area contributed by atoms with Gasteiger partial charge in [0.05, 0.1) is 24.5 Å². The number of amides is 1. The maximum atomic E-state index is 12.1. The number of nitrogens with one attached hydrogen (secondary N) is 1. The molecule has 1 saturated heterocycles. The second-order valence-corrected chi connectivity index (χ2v) is 4.72. The van der Waals surface area contributed by atoms with Crippen LogP contribution >= 0.6 is 0 Å². The van der Waals surface area contributed by atoms with Gasteiger partial charge in [-0.1, -0.05) is 0 Å². The number of nitrogens with zero attached hydrogens (tertiary/aromatic N) is 2. The third-order valence-corrected chi connectivity index (χ3v) is 2.97. The molecule has 2 rings (SSSR count). The fraction of sp³-hybridized carbons (Fsp3) is 0.462. The zero-order valence-electron chi connectivity index (χ0n) is 11.3. The Labute approximate surface area is 113 Å². The number of rotatable bonds is 3. The fourth-order valence-electron chi connectivity index (χ4n) is 1.93. The molecule has 6 heteroatoms. The van der Waals surface area contributed by atoms with Gasteiger partial charge in [0.1, 0.15) is 0 Å². The zero-order valence-corrected chi connectivity index (χ0v) is 11.3. The molecule has 0 bridgehead atoms. The Morgan fingerprint density at radius 1 is 1.37 bits per heavy atom. The Balaban J connectivity index is 2.21. The van der Waals surface area contributed by atoms with Crippen LogP contribution < -0.4 is 11.2 Å². The number of hydrazine groups is 1. The predicted octanol–water partition coefficient (Wildman–Crippen LogP) is 0.630. The number of carbonyl (C=O) groups excluding carboxylic acids is 1. The molecule has 1 aliphatic rings.